The molecule has 0 aliphatic rings. The van der Waals surface area contributed by atoms with E-state index in [0.29, 0.717) is 6.04 Å². The van der Waals surface area contributed by atoms with Crippen molar-refractivity contribution in [3.63, 3.8) is 0 Å². The first kappa shape index (κ1) is 17.2. The van der Waals surface area contributed by atoms with Crippen LogP contribution in [-0.2, 0) is 0 Å². The normalized spacial score (nSPS) is 12.7. The lowest BCUT2D eigenvalue weighted by molar-refractivity contribution is 0.204. The molecule has 0 saturated carbocycles. The zero-order valence-corrected chi connectivity index (χ0v) is 14.9. The molecule has 1 aromatic heterocycles. The lowest BCUT2D eigenvalue weighted by Gasteiger charge is -2.28. The van der Waals surface area contributed by atoms with Crippen molar-refractivity contribution < 1.29 is 0 Å². The van der Waals surface area contributed by atoms with E-state index in [0.717, 1.165) is 18.8 Å². The van der Waals surface area contributed by atoms with Gasteiger partial charge in [-0.2, -0.15) is 0 Å². The van der Waals surface area contributed by atoms with Crippen LogP contribution < -0.4 is 0 Å². The van der Waals surface area contributed by atoms with E-state index in [1.807, 2.05) is 11.3 Å². The van der Waals surface area contributed by atoms with Crippen LogP contribution in [0.5, 0.6) is 0 Å². The van der Waals surface area contributed by atoms with Crippen molar-refractivity contribution in [3.05, 3.63) is 40.7 Å². The summed E-state index contributed by atoms with van der Waals surface area (Å²) in [5.74, 6) is 0. The molecule has 2 aromatic rings. The van der Waals surface area contributed by atoms with Crippen molar-refractivity contribution in [3.8, 4) is 11.3 Å². The summed E-state index contributed by atoms with van der Waals surface area (Å²) in [6.07, 6.45) is 5.10. The van der Waals surface area contributed by atoms with Gasteiger partial charge in [-0.3, -0.25) is 4.90 Å². The van der Waals surface area contributed by atoms with Gasteiger partial charge in [-0.25, -0.2) is 4.98 Å². The second-order valence-corrected chi connectivity index (χ2v) is 6.56. The summed E-state index contributed by atoms with van der Waals surface area (Å²) in [7, 11) is 0. The lowest BCUT2D eigenvalue weighted by Crippen LogP contribution is -2.28. The van der Waals surface area contributed by atoms with Crippen molar-refractivity contribution in [2.45, 2.75) is 52.5 Å². The minimum atomic E-state index is 0.476. The Morgan fingerprint density at radius 2 is 1.77 bits per heavy atom. The average Bonchev–Trinajstić information content (AvgIpc) is 3.05. The van der Waals surface area contributed by atoms with Gasteiger partial charge in [-0.05, 0) is 19.5 Å². The highest BCUT2D eigenvalue weighted by atomic mass is 32.1. The Morgan fingerprint density at radius 3 is 2.41 bits per heavy atom. The number of aromatic nitrogens is 1. The number of nitrogens with zero attached hydrogens (tertiary/aromatic N) is 2. The molecule has 0 fully saturated rings. The van der Waals surface area contributed by atoms with E-state index in [-0.39, 0.29) is 0 Å². The number of thiazole rings is 1. The molecule has 1 atom stereocenters. The zero-order chi connectivity index (χ0) is 15.8. The summed E-state index contributed by atoms with van der Waals surface area (Å²) in [4.78, 5) is 7.50. The summed E-state index contributed by atoms with van der Waals surface area (Å²) in [5, 5.41) is 3.49. The molecular weight excluding hydrogens is 288 g/mol. The van der Waals surface area contributed by atoms with Gasteiger partial charge in [0.05, 0.1) is 11.7 Å². The molecule has 0 aliphatic heterocycles. The predicted octanol–water partition coefficient (Wildman–Crippen LogP) is 5.77. The summed E-state index contributed by atoms with van der Waals surface area (Å²) in [6.45, 7) is 8.95. The van der Waals surface area contributed by atoms with Crippen LogP contribution in [0.15, 0.2) is 35.7 Å². The fourth-order valence-corrected chi connectivity index (χ4v) is 3.89. The van der Waals surface area contributed by atoms with Crippen LogP contribution in [-0.4, -0.2) is 23.0 Å². The fraction of sp³-hybridized carbons (Fsp3) is 0.526. The Labute approximate surface area is 139 Å². The number of unbranched alkanes of at least 4 members (excludes halogenated alkanes) is 2. The van der Waals surface area contributed by atoms with Crippen LogP contribution in [0.25, 0.3) is 11.3 Å². The topological polar surface area (TPSA) is 16.1 Å². The molecule has 3 heteroatoms. The maximum absolute atomic E-state index is 4.95. The lowest BCUT2D eigenvalue weighted by atomic mass is 10.1. The van der Waals surface area contributed by atoms with Crippen LogP contribution in [0.2, 0.25) is 0 Å². The Balaban J connectivity index is 2.18. The van der Waals surface area contributed by atoms with Crippen LogP contribution in [0.1, 0.15) is 57.5 Å². The van der Waals surface area contributed by atoms with E-state index in [9.17, 15) is 0 Å². The molecule has 1 heterocycles. The third kappa shape index (κ3) is 4.40. The maximum atomic E-state index is 4.95. The molecule has 0 N–H and O–H groups in total. The first-order valence-corrected chi connectivity index (χ1v) is 9.42. The van der Waals surface area contributed by atoms with Crippen LogP contribution in [0.4, 0.5) is 0 Å². The zero-order valence-electron chi connectivity index (χ0n) is 14.1. The van der Waals surface area contributed by atoms with Crippen molar-refractivity contribution in [1.29, 1.82) is 0 Å². The van der Waals surface area contributed by atoms with E-state index in [4.69, 9.17) is 4.98 Å². The highest BCUT2D eigenvalue weighted by molar-refractivity contribution is 7.10. The minimum Gasteiger partial charge on any atom is -0.295 e. The van der Waals surface area contributed by atoms with Gasteiger partial charge in [0.15, 0.2) is 0 Å². The molecular formula is C19H28N2S. The maximum Gasteiger partial charge on any atom is 0.110 e. The van der Waals surface area contributed by atoms with E-state index in [2.05, 4.69) is 61.4 Å². The predicted molar refractivity (Wildman–Crippen MR) is 97.4 cm³/mol. The molecule has 0 radical (unpaired) electrons. The second-order valence-electron chi connectivity index (χ2n) is 5.67. The molecule has 2 nitrogen and oxygen atoms in total. The van der Waals surface area contributed by atoms with Gasteiger partial charge in [-0.15, -0.1) is 11.3 Å². The summed E-state index contributed by atoms with van der Waals surface area (Å²) >= 11 is 1.82. The molecule has 0 spiro atoms. The summed E-state index contributed by atoms with van der Waals surface area (Å²) in [5.41, 5.74) is 2.34. The Kier molecular flexibility index (Phi) is 7.07. The SMILES string of the molecule is CCCCCC(c1nc(-c2ccccc2)cs1)N(CC)CC. The van der Waals surface area contributed by atoms with Crippen LogP contribution in [0.3, 0.4) is 0 Å². The van der Waals surface area contributed by atoms with E-state index in [1.54, 1.807) is 0 Å². The standard InChI is InChI=1S/C19H28N2S/c1-4-7-9-14-18(21(5-2)6-3)19-20-17(15-22-19)16-12-10-8-11-13-16/h8,10-13,15,18H,4-7,9,14H2,1-3H3. The van der Waals surface area contributed by atoms with Gasteiger partial charge in [0.25, 0.3) is 0 Å². The first-order chi connectivity index (χ1) is 10.8. The van der Waals surface area contributed by atoms with Crippen molar-refractivity contribution in [2.75, 3.05) is 13.1 Å². The van der Waals surface area contributed by atoms with E-state index >= 15 is 0 Å². The van der Waals surface area contributed by atoms with Gasteiger partial charge < -0.3 is 0 Å². The molecule has 2 rings (SSSR count). The largest absolute Gasteiger partial charge is 0.295 e. The molecule has 1 aromatic carbocycles. The smallest absolute Gasteiger partial charge is 0.110 e. The quantitative estimate of drug-likeness (QED) is 0.546. The average molecular weight is 317 g/mol. The first-order valence-electron chi connectivity index (χ1n) is 8.55. The van der Waals surface area contributed by atoms with Crippen molar-refractivity contribution in [1.82, 2.24) is 9.88 Å². The minimum absolute atomic E-state index is 0.476. The number of rotatable bonds is 9. The fourth-order valence-electron chi connectivity index (χ4n) is 2.90. The van der Waals surface area contributed by atoms with Gasteiger partial charge in [-0.1, -0.05) is 70.4 Å². The molecule has 120 valence electrons. The highest BCUT2D eigenvalue weighted by Crippen LogP contribution is 2.31. The molecule has 0 bridgehead atoms. The van der Waals surface area contributed by atoms with Crippen LogP contribution in [0, 0.1) is 0 Å². The van der Waals surface area contributed by atoms with Gasteiger partial charge in [0, 0.05) is 10.9 Å². The highest BCUT2D eigenvalue weighted by Gasteiger charge is 2.21. The molecule has 0 saturated heterocycles. The number of benzene rings is 1. The van der Waals surface area contributed by atoms with Crippen molar-refractivity contribution in [2.24, 2.45) is 0 Å². The van der Waals surface area contributed by atoms with E-state index < -0.39 is 0 Å². The van der Waals surface area contributed by atoms with Crippen LogP contribution >= 0.6 is 11.3 Å². The third-order valence-corrected chi connectivity index (χ3v) is 5.16. The van der Waals surface area contributed by atoms with Crippen molar-refractivity contribution >= 4 is 11.3 Å². The summed E-state index contributed by atoms with van der Waals surface area (Å²) in [6, 6.07) is 11.0. The Hall–Kier alpha value is -1.19. The third-order valence-electron chi connectivity index (χ3n) is 4.21. The molecule has 0 aliphatic carbocycles. The molecule has 0 amide bonds. The second kappa shape index (κ2) is 9.06. The summed E-state index contributed by atoms with van der Waals surface area (Å²) < 4.78 is 0. The van der Waals surface area contributed by atoms with Gasteiger partial charge in [0.2, 0.25) is 0 Å². The van der Waals surface area contributed by atoms with Gasteiger partial charge >= 0.3 is 0 Å². The molecule has 22 heavy (non-hydrogen) atoms. The number of hydrogen-bond acceptors (Lipinski definition) is 3. The van der Waals surface area contributed by atoms with Gasteiger partial charge in [0.1, 0.15) is 5.01 Å². The monoisotopic (exact) mass is 316 g/mol. The Bertz CT molecular complexity index is 531. The number of hydrogen-bond donors (Lipinski definition) is 0. The molecule has 1 unspecified atom stereocenters. The van der Waals surface area contributed by atoms with E-state index in [1.165, 1.54) is 36.3 Å². The Morgan fingerprint density at radius 1 is 1.05 bits per heavy atom.